The number of rotatable bonds is 8. The molecule has 2 aliphatic rings. The second-order valence-corrected chi connectivity index (χ2v) is 8.87. The molecule has 0 radical (unpaired) electrons. The van der Waals surface area contributed by atoms with Gasteiger partial charge in [-0.25, -0.2) is 15.1 Å². The van der Waals surface area contributed by atoms with E-state index >= 15 is 0 Å². The van der Waals surface area contributed by atoms with Crippen LogP contribution in [0, 0.1) is 5.92 Å². The van der Waals surface area contributed by atoms with Gasteiger partial charge in [-0.1, -0.05) is 0 Å². The summed E-state index contributed by atoms with van der Waals surface area (Å²) in [6.45, 7) is 2.13. The van der Waals surface area contributed by atoms with Gasteiger partial charge in [0.25, 0.3) is 10.2 Å². The zero-order valence-corrected chi connectivity index (χ0v) is 16.9. The SMILES string of the molecule is COc1cc2ncnc(N3CC(CCN(C4CC4)S(N)(=O)=O)C3)c2cc1OC. The zero-order chi connectivity index (χ0) is 19.9. The Labute approximate surface area is 164 Å². The van der Waals surface area contributed by atoms with Crippen molar-refractivity contribution < 1.29 is 17.9 Å². The van der Waals surface area contributed by atoms with Gasteiger partial charge in [-0.3, -0.25) is 0 Å². The average molecular weight is 407 g/mol. The summed E-state index contributed by atoms with van der Waals surface area (Å²) in [6.07, 6.45) is 4.16. The number of fused-ring (bicyclic) bond motifs is 1. The van der Waals surface area contributed by atoms with E-state index < -0.39 is 10.2 Å². The number of methoxy groups -OCH3 is 2. The minimum absolute atomic E-state index is 0.0967. The zero-order valence-electron chi connectivity index (χ0n) is 16.0. The molecule has 9 nitrogen and oxygen atoms in total. The summed E-state index contributed by atoms with van der Waals surface area (Å²) in [5, 5.41) is 6.25. The Morgan fingerprint density at radius 3 is 2.46 bits per heavy atom. The van der Waals surface area contributed by atoms with E-state index in [2.05, 4.69) is 14.9 Å². The van der Waals surface area contributed by atoms with Crippen LogP contribution in [0.5, 0.6) is 11.5 Å². The van der Waals surface area contributed by atoms with Crippen LogP contribution < -0.4 is 19.5 Å². The lowest BCUT2D eigenvalue weighted by molar-refractivity contribution is 0.319. The number of nitrogens with two attached hydrogens (primary N) is 1. The first-order valence-electron chi connectivity index (χ1n) is 9.32. The summed E-state index contributed by atoms with van der Waals surface area (Å²) < 4.78 is 35.7. The molecule has 2 fully saturated rings. The Morgan fingerprint density at radius 2 is 1.86 bits per heavy atom. The van der Waals surface area contributed by atoms with Crippen LogP contribution in [0.15, 0.2) is 18.5 Å². The van der Waals surface area contributed by atoms with Gasteiger partial charge in [-0.05, 0) is 31.2 Å². The second kappa shape index (κ2) is 7.34. The minimum atomic E-state index is -3.62. The molecule has 1 aliphatic carbocycles. The van der Waals surface area contributed by atoms with Gasteiger partial charge in [0.15, 0.2) is 11.5 Å². The first-order chi connectivity index (χ1) is 13.4. The van der Waals surface area contributed by atoms with Crippen LogP contribution in [0.1, 0.15) is 19.3 Å². The second-order valence-electron chi connectivity index (χ2n) is 7.37. The topological polar surface area (TPSA) is 111 Å². The van der Waals surface area contributed by atoms with Crippen LogP contribution in [0.2, 0.25) is 0 Å². The van der Waals surface area contributed by atoms with Gasteiger partial charge in [-0.2, -0.15) is 12.7 Å². The number of ether oxygens (including phenoxy) is 2. The Kier molecular flexibility index (Phi) is 5.02. The van der Waals surface area contributed by atoms with Gasteiger partial charge in [-0.15, -0.1) is 0 Å². The summed E-state index contributed by atoms with van der Waals surface area (Å²) in [5.74, 6) is 2.53. The molecule has 0 spiro atoms. The van der Waals surface area contributed by atoms with E-state index in [1.54, 1.807) is 20.5 Å². The lowest BCUT2D eigenvalue weighted by Crippen LogP contribution is -2.49. The molecule has 0 bridgehead atoms. The van der Waals surface area contributed by atoms with Crippen LogP contribution in [0.3, 0.4) is 0 Å². The highest BCUT2D eigenvalue weighted by atomic mass is 32.2. The molecule has 2 aromatic rings. The monoisotopic (exact) mass is 407 g/mol. The van der Waals surface area contributed by atoms with Crippen LogP contribution >= 0.6 is 0 Å². The first kappa shape index (κ1) is 19.2. The molecule has 28 heavy (non-hydrogen) atoms. The van der Waals surface area contributed by atoms with Gasteiger partial charge in [0.05, 0.1) is 19.7 Å². The minimum Gasteiger partial charge on any atom is -0.493 e. The predicted molar refractivity (Wildman–Crippen MR) is 106 cm³/mol. The largest absolute Gasteiger partial charge is 0.493 e. The lowest BCUT2D eigenvalue weighted by atomic mass is 9.96. The number of nitrogens with zero attached hydrogens (tertiary/aromatic N) is 4. The summed E-state index contributed by atoms with van der Waals surface area (Å²) >= 11 is 0. The molecule has 1 saturated carbocycles. The first-order valence-corrected chi connectivity index (χ1v) is 10.8. The highest BCUT2D eigenvalue weighted by Gasteiger charge is 2.37. The molecule has 0 amide bonds. The van der Waals surface area contributed by atoms with E-state index in [1.165, 1.54) is 4.31 Å². The molecule has 1 saturated heterocycles. The van der Waals surface area contributed by atoms with Gasteiger partial charge in [0.2, 0.25) is 0 Å². The van der Waals surface area contributed by atoms with E-state index in [9.17, 15) is 8.42 Å². The molecule has 2 N–H and O–H groups in total. The standard InChI is InChI=1S/C18H25N5O4S/c1-26-16-7-14-15(8-17(16)27-2)20-11-21-18(14)22-9-12(10-22)5-6-23(13-3-4-13)28(19,24)25/h7-8,11-13H,3-6,9-10H2,1-2H3,(H2,19,24,25). The fourth-order valence-electron chi connectivity index (χ4n) is 3.74. The van der Waals surface area contributed by atoms with Gasteiger partial charge in [0.1, 0.15) is 12.1 Å². The van der Waals surface area contributed by atoms with E-state index in [1.807, 2.05) is 12.1 Å². The Morgan fingerprint density at radius 1 is 1.18 bits per heavy atom. The number of aromatic nitrogens is 2. The normalized spacial score (nSPS) is 17.8. The Bertz CT molecular complexity index is 973. The van der Waals surface area contributed by atoms with E-state index in [4.69, 9.17) is 14.6 Å². The predicted octanol–water partition coefficient (Wildman–Crippen LogP) is 1.14. The van der Waals surface area contributed by atoms with Crippen LogP contribution in [-0.2, 0) is 10.2 Å². The summed E-state index contributed by atoms with van der Waals surface area (Å²) in [4.78, 5) is 11.0. The average Bonchev–Trinajstić information content (AvgIpc) is 3.45. The molecule has 4 rings (SSSR count). The maximum Gasteiger partial charge on any atom is 0.277 e. The van der Waals surface area contributed by atoms with Crippen molar-refractivity contribution in [3.05, 3.63) is 18.5 Å². The third-order valence-electron chi connectivity index (χ3n) is 5.42. The van der Waals surface area contributed by atoms with Crippen molar-refractivity contribution in [2.45, 2.75) is 25.3 Å². The Balaban J connectivity index is 1.45. The summed E-state index contributed by atoms with van der Waals surface area (Å²) in [6, 6.07) is 3.84. The van der Waals surface area contributed by atoms with Crippen molar-refractivity contribution in [1.82, 2.24) is 14.3 Å². The molecule has 0 unspecified atom stereocenters. The number of hydrogen-bond acceptors (Lipinski definition) is 7. The highest BCUT2D eigenvalue weighted by Crippen LogP contribution is 2.37. The fourth-order valence-corrected chi connectivity index (χ4v) is 4.72. The number of anilines is 1. The Hall–Kier alpha value is -2.17. The maximum atomic E-state index is 11.7. The van der Waals surface area contributed by atoms with Crippen molar-refractivity contribution in [2.24, 2.45) is 11.1 Å². The molecule has 152 valence electrons. The van der Waals surface area contributed by atoms with Crippen molar-refractivity contribution in [3.8, 4) is 11.5 Å². The quantitative estimate of drug-likeness (QED) is 0.698. The third kappa shape index (κ3) is 3.71. The summed E-state index contributed by atoms with van der Waals surface area (Å²) in [7, 11) is -0.420. The maximum absolute atomic E-state index is 11.7. The molecule has 1 aromatic heterocycles. The molecular weight excluding hydrogens is 382 g/mol. The number of hydrogen-bond donors (Lipinski definition) is 1. The smallest absolute Gasteiger partial charge is 0.277 e. The van der Waals surface area contributed by atoms with E-state index in [0.717, 1.165) is 49.1 Å². The van der Waals surface area contributed by atoms with Gasteiger partial charge < -0.3 is 14.4 Å². The van der Waals surface area contributed by atoms with Crippen molar-refractivity contribution in [1.29, 1.82) is 0 Å². The third-order valence-corrected chi connectivity index (χ3v) is 6.55. The lowest BCUT2D eigenvalue weighted by Gasteiger charge is -2.41. The van der Waals surface area contributed by atoms with E-state index in [0.29, 0.717) is 24.0 Å². The van der Waals surface area contributed by atoms with Crippen LogP contribution in [-0.4, -0.2) is 62.6 Å². The van der Waals surface area contributed by atoms with Crippen molar-refractivity contribution in [2.75, 3.05) is 38.8 Å². The molecule has 1 aliphatic heterocycles. The highest BCUT2D eigenvalue weighted by molar-refractivity contribution is 7.86. The molecule has 2 heterocycles. The molecule has 1 aromatic carbocycles. The van der Waals surface area contributed by atoms with Crippen LogP contribution in [0.25, 0.3) is 10.9 Å². The molecular formula is C18H25N5O4S. The van der Waals surface area contributed by atoms with E-state index in [-0.39, 0.29) is 6.04 Å². The van der Waals surface area contributed by atoms with Gasteiger partial charge >= 0.3 is 0 Å². The fraction of sp³-hybridized carbons (Fsp3) is 0.556. The van der Waals surface area contributed by atoms with Gasteiger partial charge in [0, 0.05) is 37.1 Å². The van der Waals surface area contributed by atoms with Crippen LogP contribution in [0.4, 0.5) is 5.82 Å². The number of benzene rings is 1. The molecule has 10 heteroatoms. The molecule has 0 atom stereocenters. The van der Waals surface area contributed by atoms with Crippen molar-refractivity contribution in [3.63, 3.8) is 0 Å². The van der Waals surface area contributed by atoms with Crippen molar-refractivity contribution >= 4 is 26.9 Å². The summed E-state index contributed by atoms with van der Waals surface area (Å²) in [5.41, 5.74) is 0.792.